The molecule has 2 amide bonds. The first kappa shape index (κ1) is 11.8. The number of rotatable bonds is 3. The van der Waals surface area contributed by atoms with Gasteiger partial charge in [0.25, 0.3) is 0 Å². The molecule has 84 valence electrons. The van der Waals surface area contributed by atoms with Gasteiger partial charge in [0.2, 0.25) is 11.8 Å². The Morgan fingerprint density at radius 2 is 2.07 bits per heavy atom. The normalized spacial score (nSPS) is 24.0. The molecular formula is C11H18N2O2. The summed E-state index contributed by atoms with van der Waals surface area (Å²) >= 11 is 0. The zero-order valence-corrected chi connectivity index (χ0v) is 9.49. The maximum absolute atomic E-state index is 11.7. The number of amides is 2. The van der Waals surface area contributed by atoms with Crippen molar-refractivity contribution in [3.63, 3.8) is 0 Å². The van der Waals surface area contributed by atoms with Crippen LogP contribution in [0.2, 0.25) is 0 Å². The maximum Gasteiger partial charge on any atom is 0.243 e. The third-order valence-corrected chi connectivity index (χ3v) is 2.68. The van der Waals surface area contributed by atoms with Gasteiger partial charge in [0.15, 0.2) is 0 Å². The van der Waals surface area contributed by atoms with Crippen molar-refractivity contribution >= 4 is 11.8 Å². The Bertz CT molecular complexity index is 286. The Hall–Kier alpha value is -1.32. The van der Waals surface area contributed by atoms with E-state index in [9.17, 15) is 9.59 Å². The summed E-state index contributed by atoms with van der Waals surface area (Å²) in [4.78, 5) is 25.0. The average Bonchev–Trinajstić information content (AvgIpc) is 2.19. The van der Waals surface area contributed by atoms with Gasteiger partial charge in [-0.2, -0.15) is 0 Å². The number of nitrogens with zero attached hydrogens (tertiary/aromatic N) is 1. The smallest absolute Gasteiger partial charge is 0.243 e. The van der Waals surface area contributed by atoms with Crippen LogP contribution in [-0.4, -0.2) is 35.3 Å². The second-order valence-corrected chi connectivity index (χ2v) is 4.18. The van der Waals surface area contributed by atoms with Crippen LogP contribution in [0.4, 0.5) is 0 Å². The van der Waals surface area contributed by atoms with Crippen LogP contribution in [0.1, 0.15) is 20.8 Å². The fourth-order valence-electron chi connectivity index (χ4n) is 1.86. The van der Waals surface area contributed by atoms with E-state index in [0.29, 0.717) is 0 Å². The van der Waals surface area contributed by atoms with Crippen molar-refractivity contribution in [2.75, 3.05) is 6.54 Å². The highest BCUT2D eigenvalue weighted by atomic mass is 16.2. The first-order valence-corrected chi connectivity index (χ1v) is 5.20. The molecule has 1 N–H and O–H groups in total. The van der Waals surface area contributed by atoms with Crippen molar-refractivity contribution in [2.24, 2.45) is 5.92 Å². The van der Waals surface area contributed by atoms with E-state index in [1.807, 2.05) is 20.8 Å². The standard InChI is InChI=1S/C11H18N2O2/c1-5-8(4)13-9(14)6-12-11(15)10(13)7(2)3/h5,7-8,10H,1,6H2,2-4H3,(H,12,15). The van der Waals surface area contributed by atoms with Gasteiger partial charge in [-0.15, -0.1) is 6.58 Å². The second kappa shape index (κ2) is 4.47. The van der Waals surface area contributed by atoms with Crippen LogP contribution >= 0.6 is 0 Å². The molecular weight excluding hydrogens is 192 g/mol. The number of carbonyl (C=O) groups excluding carboxylic acids is 2. The van der Waals surface area contributed by atoms with E-state index in [2.05, 4.69) is 11.9 Å². The summed E-state index contributed by atoms with van der Waals surface area (Å²) in [5.74, 6) is -0.00403. The Balaban J connectivity index is 2.97. The highest BCUT2D eigenvalue weighted by Gasteiger charge is 2.38. The molecule has 1 saturated heterocycles. The molecule has 15 heavy (non-hydrogen) atoms. The van der Waals surface area contributed by atoms with E-state index in [0.717, 1.165) is 0 Å². The zero-order valence-electron chi connectivity index (χ0n) is 9.49. The quantitative estimate of drug-likeness (QED) is 0.691. The molecule has 0 saturated carbocycles. The van der Waals surface area contributed by atoms with Crippen molar-refractivity contribution in [3.05, 3.63) is 12.7 Å². The van der Waals surface area contributed by atoms with Gasteiger partial charge in [0.05, 0.1) is 6.54 Å². The largest absolute Gasteiger partial charge is 0.345 e. The number of piperazine rings is 1. The minimum Gasteiger partial charge on any atom is -0.345 e. The number of nitrogens with one attached hydrogen (secondary N) is 1. The molecule has 1 heterocycles. The second-order valence-electron chi connectivity index (χ2n) is 4.18. The highest BCUT2D eigenvalue weighted by Crippen LogP contribution is 2.18. The number of carbonyl (C=O) groups is 2. The van der Waals surface area contributed by atoms with Crippen molar-refractivity contribution < 1.29 is 9.59 Å². The third kappa shape index (κ3) is 2.19. The van der Waals surface area contributed by atoms with Crippen molar-refractivity contribution in [1.82, 2.24) is 10.2 Å². The zero-order chi connectivity index (χ0) is 11.6. The van der Waals surface area contributed by atoms with Crippen molar-refractivity contribution in [3.8, 4) is 0 Å². The summed E-state index contributed by atoms with van der Waals surface area (Å²) in [6.07, 6.45) is 1.69. The topological polar surface area (TPSA) is 49.4 Å². The molecule has 0 aromatic rings. The predicted octanol–water partition coefficient (Wildman–Crippen LogP) is 0.544. The first-order chi connectivity index (χ1) is 6.99. The lowest BCUT2D eigenvalue weighted by molar-refractivity contribution is -0.148. The summed E-state index contributed by atoms with van der Waals surface area (Å²) in [7, 11) is 0. The Kier molecular flexibility index (Phi) is 3.50. The Morgan fingerprint density at radius 3 is 2.53 bits per heavy atom. The number of hydrogen-bond donors (Lipinski definition) is 1. The molecule has 0 spiro atoms. The Morgan fingerprint density at radius 1 is 1.47 bits per heavy atom. The molecule has 0 aromatic heterocycles. The van der Waals surface area contributed by atoms with E-state index in [-0.39, 0.29) is 36.4 Å². The highest BCUT2D eigenvalue weighted by molar-refractivity contribution is 5.95. The van der Waals surface area contributed by atoms with Gasteiger partial charge in [-0.05, 0) is 12.8 Å². The summed E-state index contributed by atoms with van der Waals surface area (Å²) in [5.41, 5.74) is 0. The lowest BCUT2D eigenvalue weighted by Crippen LogP contribution is -2.62. The van der Waals surface area contributed by atoms with Crippen LogP contribution in [-0.2, 0) is 9.59 Å². The fraction of sp³-hybridized carbons (Fsp3) is 0.636. The number of hydrogen-bond acceptors (Lipinski definition) is 2. The van der Waals surface area contributed by atoms with Crippen LogP contribution in [0.25, 0.3) is 0 Å². The van der Waals surface area contributed by atoms with E-state index >= 15 is 0 Å². The summed E-state index contributed by atoms with van der Waals surface area (Å²) < 4.78 is 0. The Labute approximate surface area is 90.3 Å². The van der Waals surface area contributed by atoms with E-state index in [1.165, 1.54) is 0 Å². The van der Waals surface area contributed by atoms with E-state index < -0.39 is 0 Å². The van der Waals surface area contributed by atoms with Crippen molar-refractivity contribution in [2.45, 2.75) is 32.9 Å². The van der Waals surface area contributed by atoms with Gasteiger partial charge in [-0.1, -0.05) is 19.9 Å². The summed E-state index contributed by atoms with van der Waals surface area (Å²) in [6.45, 7) is 9.51. The van der Waals surface area contributed by atoms with Gasteiger partial charge < -0.3 is 10.2 Å². The van der Waals surface area contributed by atoms with Gasteiger partial charge >= 0.3 is 0 Å². The van der Waals surface area contributed by atoms with E-state index in [4.69, 9.17) is 0 Å². The fourth-order valence-corrected chi connectivity index (χ4v) is 1.86. The minimum absolute atomic E-state index is 0.0410. The van der Waals surface area contributed by atoms with E-state index in [1.54, 1.807) is 11.0 Å². The van der Waals surface area contributed by atoms with Gasteiger partial charge in [0, 0.05) is 6.04 Å². The molecule has 2 unspecified atom stereocenters. The monoisotopic (exact) mass is 210 g/mol. The third-order valence-electron chi connectivity index (χ3n) is 2.68. The van der Waals surface area contributed by atoms with Crippen LogP contribution in [0.15, 0.2) is 12.7 Å². The van der Waals surface area contributed by atoms with Crippen LogP contribution in [0.3, 0.4) is 0 Å². The molecule has 0 bridgehead atoms. The molecule has 0 aromatic carbocycles. The molecule has 4 nitrogen and oxygen atoms in total. The molecule has 4 heteroatoms. The molecule has 1 aliphatic heterocycles. The van der Waals surface area contributed by atoms with Gasteiger partial charge in [-0.25, -0.2) is 0 Å². The SMILES string of the molecule is C=CC(C)N1C(=O)CNC(=O)C1C(C)C. The average molecular weight is 210 g/mol. The molecule has 0 aliphatic carbocycles. The van der Waals surface area contributed by atoms with Crippen LogP contribution < -0.4 is 5.32 Å². The van der Waals surface area contributed by atoms with Crippen LogP contribution in [0, 0.1) is 5.92 Å². The maximum atomic E-state index is 11.7. The lowest BCUT2D eigenvalue weighted by Gasteiger charge is -2.40. The minimum atomic E-state index is -0.376. The van der Waals surface area contributed by atoms with Gasteiger partial charge in [0.1, 0.15) is 6.04 Å². The summed E-state index contributed by atoms with van der Waals surface area (Å²) in [5, 5.41) is 2.61. The first-order valence-electron chi connectivity index (χ1n) is 5.20. The summed E-state index contributed by atoms with van der Waals surface area (Å²) in [6, 6.07) is -0.477. The molecule has 1 fully saturated rings. The molecule has 2 atom stereocenters. The van der Waals surface area contributed by atoms with Crippen molar-refractivity contribution in [1.29, 1.82) is 0 Å². The van der Waals surface area contributed by atoms with Crippen LogP contribution in [0.5, 0.6) is 0 Å². The lowest BCUT2D eigenvalue weighted by atomic mass is 9.97. The molecule has 1 rings (SSSR count). The predicted molar refractivity (Wildman–Crippen MR) is 58.1 cm³/mol. The molecule has 1 aliphatic rings. The molecule has 0 radical (unpaired) electrons. The van der Waals surface area contributed by atoms with Gasteiger partial charge in [-0.3, -0.25) is 9.59 Å².